The van der Waals surface area contributed by atoms with Gasteiger partial charge in [0.25, 0.3) is 0 Å². The molecule has 0 radical (unpaired) electrons. The van der Waals surface area contributed by atoms with E-state index in [0.29, 0.717) is 12.3 Å². The van der Waals surface area contributed by atoms with Crippen molar-refractivity contribution in [2.75, 3.05) is 24.5 Å². The Morgan fingerprint density at radius 1 is 1.17 bits per heavy atom. The van der Waals surface area contributed by atoms with Crippen LogP contribution in [0.5, 0.6) is 0 Å². The molecule has 2 aliphatic heterocycles. The average molecular weight is 341 g/mol. The number of likely N-dealkylation sites (tertiary alicyclic amines) is 1. The van der Waals surface area contributed by atoms with Gasteiger partial charge in [-0.25, -0.2) is 4.98 Å². The summed E-state index contributed by atoms with van der Waals surface area (Å²) in [4.78, 5) is 21.4. The highest BCUT2D eigenvalue weighted by Gasteiger charge is 2.42. The minimum Gasteiger partial charge on any atom is -0.347 e. The van der Waals surface area contributed by atoms with Gasteiger partial charge in [0, 0.05) is 49.6 Å². The normalized spacial score (nSPS) is 24.6. The van der Waals surface area contributed by atoms with Crippen LogP contribution in [0.4, 0.5) is 5.13 Å². The predicted octanol–water partition coefficient (Wildman–Crippen LogP) is 3.55. The molecular formula is C19H23N3OS. The summed E-state index contributed by atoms with van der Waals surface area (Å²) >= 11 is 1.72. The zero-order valence-electron chi connectivity index (χ0n) is 13.9. The number of rotatable bonds is 3. The molecule has 4 nitrogen and oxygen atoms in total. The first-order valence-corrected chi connectivity index (χ1v) is 9.58. The zero-order valence-corrected chi connectivity index (χ0v) is 14.7. The maximum Gasteiger partial charge on any atom is 0.222 e. The number of carbonyl (C=O) groups excluding carboxylic acids is 1. The molecule has 0 N–H and O–H groups in total. The third-order valence-corrected chi connectivity index (χ3v) is 6.15. The van der Waals surface area contributed by atoms with E-state index >= 15 is 0 Å². The van der Waals surface area contributed by atoms with Crippen LogP contribution in [0.25, 0.3) is 0 Å². The van der Waals surface area contributed by atoms with E-state index in [9.17, 15) is 4.79 Å². The van der Waals surface area contributed by atoms with Crippen LogP contribution in [0.3, 0.4) is 0 Å². The van der Waals surface area contributed by atoms with Crippen LogP contribution >= 0.6 is 11.3 Å². The van der Waals surface area contributed by atoms with Gasteiger partial charge >= 0.3 is 0 Å². The Bertz CT molecular complexity index is 688. The quantitative estimate of drug-likeness (QED) is 0.856. The maximum absolute atomic E-state index is 12.4. The lowest BCUT2D eigenvalue weighted by Crippen LogP contribution is -2.53. The zero-order chi connectivity index (χ0) is 16.4. The molecule has 126 valence electrons. The molecule has 2 fully saturated rings. The van der Waals surface area contributed by atoms with Gasteiger partial charge in [0.15, 0.2) is 5.13 Å². The molecule has 24 heavy (non-hydrogen) atoms. The second kappa shape index (κ2) is 6.55. The van der Waals surface area contributed by atoms with E-state index in [1.54, 1.807) is 11.3 Å². The van der Waals surface area contributed by atoms with Gasteiger partial charge in [-0.1, -0.05) is 30.3 Å². The first-order valence-electron chi connectivity index (χ1n) is 8.70. The van der Waals surface area contributed by atoms with Crippen molar-refractivity contribution >= 4 is 22.4 Å². The summed E-state index contributed by atoms with van der Waals surface area (Å²) in [6, 6.07) is 10.3. The minimum atomic E-state index is 0.229. The van der Waals surface area contributed by atoms with Crippen molar-refractivity contribution in [1.82, 2.24) is 9.88 Å². The number of carbonyl (C=O) groups is 1. The van der Waals surface area contributed by atoms with E-state index in [1.165, 1.54) is 18.4 Å². The van der Waals surface area contributed by atoms with E-state index in [1.807, 2.05) is 29.8 Å². The Hall–Kier alpha value is -1.88. The van der Waals surface area contributed by atoms with Crippen molar-refractivity contribution < 1.29 is 4.79 Å². The van der Waals surface area contributed by atoms with Crippen molar-refractivity contribution in [3.63, 3.8) is 0 Å². The number of anilines is 1. The highest BCUT2D eigenvalue weighted by Crippen LogP contribution is 2.40. The minimum absolute atomic E-state index is 0.229. The first kappa shape index (κ1) is 15.6. The molecule has 3 heterocycles. The number of hydrogen-bond acceptors (Lipinski definition) is 4. The summed E-state index contributed by atoms with van der Waals surface area (Å²) in [5.74, 6) is 0.302. The van der Waals surface area contributed by atoms with Gasteiger partial charge in [0.2, 0.25) is 5.91 Å². The van der Waals surface area contributed by atoms with Gasteiger partial charge < -0.3 is 9.80 Å². The molecule has 0 aliphatic carbocycles. The van der Waals surface area contributed by atoms with Crippen molar-refractivity contribution in [2.45, 2.75) is 32.2 Å². The van der Waals surface area contributed by atoms with Crippen LogP contribution in [-0.4, -0.2) is 35.4 Å². The molecule has 4 rings (SSSR count). The Morgan fingerprint density at radius 2 is 2.04 bits per heavy atom. The number of nitrogens with zero attached hydrogens (tertiary/aromatic N) is 3. The monoisotopic (exact) mass is 341 g/mol. The van der Waals surface area contributed by atoms with E-state index < -0.39 is 0 Å². The SMILES string of the molecule is O=C1CCC2(CCCN(c3nccs3)C2)CN1Cc1ccccc1. The average Bonchev–Trinajstić information content (AvgIpc) is 3.14. The Labute approximate surface area is 147 Å². The molecular weight excluding hydrogens is 318 g/mol. The van der Waals surface area contributed by atoms with E-state index in [-0.39, 0.29) is 5.41 Å². The van der Waals surface area contributed by atoms with Crippen LogP contribution < -0.4 is 4.90 Å². The third-order valence-electron chi connectivity index (χ3n) is 5.32. The Kier molecular flexibility index (Phi) is 4.27. The fraction of sp³-hybridized carbons (Fsp3) is 0.474. The molecule has 2 aromatic rings. The topological polar surface area (TPSA) is 36.4 Å². The summed E-state index contributed by atoms with van der Waals surface area (Å²) in [6.45, 7) is 3.72. The van der Waals surface area contributed by atoms with Gasteiger partial charge in [0.1, 0.15) is 0 Å². The van der Waals surface area contributed by atoms with Gasteiger partial charge in [-0.15, -0.1) is 11.3 Å². The molecule has 1 unspecified atom stereocenters. The van der Waals surface area contributed by atoms with Crippen molar-refractivity contribution in [2.24, 2.45) is 5.41 Å². The van der Waals surface area contributed by atoms with Gasteiger partial charge in [-0.05, 0) is 24.8 Å². The first-order chi connectivity index (χ1) is 11.7. The lowest BCUT2D eigenvalue weighted by atomic mass is 9.73. The van der Waals surface area contributed by atoms with E-state index in [2.05, 4.69) is 26.9 Å². The smallest absolute Gasteiger partial charge is 0.222 e. The van der Waals surface area contributed by atoms with Crippen LogP contribution in [0.1, 0.15) is 31.2 Å². The van der Waals surface area contributed by atoms with E-state index in [4.69, 9.17) is 0 Å². The third kappa shape index (κ3) is 3.18. The predicted molar refractivity (Wildman–Crippen MR) is 97.1 cm³/mol. The fourth-order valence-electron chi connectivity index (χ4n) is 4.13. The van der Waals surface area contributed by atoms with Gasteiger partial charge in [0.05, 0.1) is 0 Å². The standard InChI is InChI=1S/C19H23N3OS/c23-17-7-9-19(15-22(17)13-16-5-2-1-3-6-16)8-4-11-21(14-19)18-20-10-12-24-18/h1-3,5-6,10,12H,4,7-9,11,13-15H2. The second-order valence-corrected chi connectivity index (χ2v) is 7.95. The van der Waals surface area contributed by atoms with Crippen LogP contribution in [0, 0.1) is 5.41 Å². The molecule has 1 aromatic carbocycles. The van der Waals surface area contributed by atoms with Crippen molar-refractivity contribution in [3.8, 4) is 0 Å². The van der Waals surface area contributed by atoms with Gasteiger partial charge in [-0.3, -0.25) is 4.79 Å². The van der Waals surface area contributed by atoms with E-state index in [0.717, 1.165) is 37.7 Å². The largest absolute Gasteiger partial charge is 0.347 e. The molecule has 2 aliphatic rings. The summed E-state index contributed by atoms with van der Waals surface area (Å²) < 4.78 is 0. The van der Waals surface area contributed by atoms with Crippen molar-refractivity contribution in [1.29, 1.82) is 0 Å². The lowest BCUT2D eigenvalue weighted by Gasteiger charge is -2.48. The number of amides is 1. The summed E-state index contributed by atoms with van der Waals surface area (Å²) in [6.07, 6.45) is 5.98. The van der Waals surface area contributed by atoms with Crippen LogP contribution in [-0.2, 0) is 11.3 Å². The Balaban J connectivity index is 1.49. The highest BCUT2D eigenvalue weighted by molar-refractivity contribution is 7.13. The number of benzene rings is 1. The van der Waals surface area contributed by atoms with Crippen LogP contribution in [0.15, 0.2) is 41.9 Å². The van der Waals surface area contributed by atoms with Gasteiger partial charge in [-0.2, -0.15) is 0 Å². The molecule has 0 bridgehead atoms. The number of thiazole rings is 1. The molecule has 1 spiro atoms. The van der Waals surface area contributed by atoms with Crippen molar-refractivity contribution in [3.05, 3.63) is 47.5 Å². The lowest BCUT2D eigenvalue weighted by molar-refractivity contribution is -0.138. The summed E-state index contributed by atoms with van der Waals surface area (Å²) in [5.41, 5.74) is 1.45. The summed E-state index contributed by atoms with van der Waals surface area (Å²) in [5, 5.41) is 3.17. The number of hydrogen-bond donors (Lipinski definition) is 0. The Morgan fingerprint density at radius 3 is 2.83 bits per heavy atom. The molecule has 1 aromatic heterocycles. The molecule has 2 saturated heterocycles. The molecule has 5 heteroatoms. The molecule has 0 saturated carbocycles. The maximum atomic E-state index is 12.4. The number of aromatic nitrogens is 1. The fourth-order valence-corrected chi connectivity index (χ4v) is 4.80. The molecule has 1 amide bonds. The number of piperidine rings is 2. The summed E-state index contributed by atoms with van der Waals surface area (Å²) in [7, 11) is 0. The second-order valence-electron chi connectivity index (χ2n) is 7.08. The highest BCUT2D eigenvalue weighted by atomic mass is 32.1. The van der Waals surface area contributed by atoms with Crippen LogP contribution in [0.2, 0.25) is 0 Å². The molecule has 1 atom stereocenters.